The fourth-order valence-corrected chi connectivity index (χ4v) is 13.2. The van der Waals surface area contributed by atoms with Crippen LogP contribution >= 0.6 is 46.4 Å². The Hall–Kier alpha value is -12.0. The van der Waals surface area contributed by atoms with Crippen molar-refractivity contribution in [2.45, 2.75) is 41.2 Å². The van der Waals surface area contributed by atoms with Gasteiger partial charge in [0.15, 0.2) is 6.04 Å². The maximum Gasteiger partial charge on any atom is 0.407 e. The molecule has 0 spiro atoms. The monoisotopic (exact) mass is 1610 g/mol. The van der Waals surface area contributed by atoms with Crippen molar-refractivity contribution in [1.29, 1.82) is 0 Å². The SMILES string of the molecule is COC(=O)[C@H](CO)NC(c1ccccc1)(c1ccccc1)c1ccccc1.COC(=O)[C@H](COc1cccc(Cl)c1)NC(c1ccccc1)(c1ccccc1)c1ccccc1.N[C@@H](COc1cccc(Cl)c1)C(=O)O.O=C(N[C@@H](COc1cccc(Cl)c1)C(=O)O)OCC1c2ccccc2-c2ccccc21.Oc1cccc(Cl)c1. The highest BCUT2D eigenvalue weighted by Gasteiger charge is 2.42. The number of aromatic hydroxyl groups is 1. The van der Waals surface area contributed by atoms with Crippen molar-refractivity contribution in [2.75, 3.05) is 47.3 Å². The first-order valence-electron chi connectivity index (χ1n) is 35.8. The summed E-state index contributed by atoms with van der Waals surface area (Å²) in [4.78, 5) is 59.5. The van der Waals surface area contributed by atoms with Crippen LogP contribution in [-0.2, 0) is 44.5 Å². The van der Waals surface area contributed by atoms with Gasteiger partial charge in [0.2, 0.25) is 0 Å². The number of hydrogen-bond acceptors (Lipinski definition) is 16. The van der Waals surface area contributed by atoms with Crippen LogP contribution in [-0.4, -0.2) is 122 Å². The van der Waals surface area contributed by atoms with Crippen LogP contribution in [0.3, 0.4) is 0 Å². The predicted octanol–water partition coefficient (Wildman–Crippen LogP) is 16.8. The van der Waals surface area contributed by atoms with E-state index in [0.717, 1.165) is 55.6 Å². The van der Waals surface area contributed by atoms with E-state index in [2.05, 4.69) is 52.3 Å². The number of nitrogens with two attached hydrogens (primary N) is 1. The maximum absolute atomic E-state index is 13.0. The normalized spacial score (nSPS) is 12.2. The summed E-state index contributed by atoms with van der Waals surface area (Å²) in [5.41, 5.74) is 13.8. The number of carbonyl (C=O) groups is 5. The van der Waals surface area contributed by atoms with Gasteiger partial charge in [-0.05, 0) is 128 Å². The van der Waals surface area contributed by atoms with Crippen molar-refractivity contribution >= 4 is 76.4 Å². The van der Waals surface area contributed by atoms with Crippen LogP contribution in [0.4, 0.5) is 4.79 Å². The summed E-state index contributed by atoms with van der Waals surface area (Å²) in [5, 5.41) is 48.0. The van der Waals surface area contributed by atoms with Crippen LogP contribution in [0, 0.1) is 0 Å². The molecule has 12 aromatic carbocycles. The van der Waals surface area contributed by atoms with Gasteiger partial charge < -0.3 is 59.9 Å². The molecule has 0 saturated carbocycles. The Balaban J connectivity index is 0.000000173. The molecule has 0 unspecified atom stereocenters. The fourth-order valence-electron chi connectivity index (χ4n) is 12.5. The summed E-state index contributed by atoms with van der Waals surface area (Å²) in [6.45, 7) is -0.556. The Bertz CT molecular complexity index is 4770. The summed E-state index contributed by atoms with van der Waals surface area (Å²) in [5.74, 6) is -1.65. The van der Waals surface area contributed by atoms with Crippen LogP contribution in [0.1, 0.15) is 50.4 Å². The molecule has 0 radical (unpaired) electrons. The highest BCUT2D eigenvalue weighted by molar-refractivity contribution is 6.31. The minimum absolute atomic E-state index is 0.0568. The molecule has 586 valence electrons. The zero-order valence-corrected chi connectivity index (χ0v) is 65.0. The lowest BCUT2D eigenvalue weighted by Crippen LogP contribution is -2.55. The van der Waals surface area contributed by atoms with Crippen molar-refractivity contribution in [3.63, 3.8) is 0 Å². The number of carboxylic acid groups (broad SMARTS) is 2. The zero-order valence-electron chi connectivity index (χ0n) is 62.0. The van der Waals surface area contributed by atoms with Crippen molar-refractivity contribution in [3.05, 3.63) is 392 Å². The van der Waals surface area contributed by atoms with Gasteiger partial charge in [-0.1, -0.05) is 301 Å². The Morgan fingerprint density at radius 3 is 1.03 bits per heavy atom. The van der Waals surface area contributed by atoms with Crippen molar-refractivity contribution in [2.24, 2.45) is 5.73 Å². The molecule has 0 aromatic heterocycles. The highest BCUT2D eigenvalue weighted by atomic mass is 35.5. The second kappa shape index (κ2) is 43.7. The summed E-state index contributed by atoms with van der Waals surface area (Å²) < 4.78 is 32.0. The van der Waals surface area contributed by atoms with Crippen molar-refractivity contribution < 1.29 is 72.8 Å². The van der Waals surface area contributed by atoms with E-state index >= 15 is 0 Å². The van der Waals surface area contributed by atoms with E-state index in [-0.39, 0.29) is 44.7 Å². The van der Waals surface area contributed by atoms with Gasteiger partial charge in [-0.25, -0.2) is 9.59 Å². The number of phenols is 1. The topological polar surface area (TPSA) is 284 Å². The van der Waals surface area contributed by atoms with E-state index in [1.54, 1.807) is 91.0 Å². The number of aliphatic hydroxyl groups excluding tert-OH is 1. The molecule has 0 aliphatic heterocycles. The van der Waals surface area contributed by atoms with Gasteiger partial charge in [0.25, 0.3) is 0 Å². The van der Waals surface area contributed by atoms with Crippen LogP contribution in [0.2, 0.25) is 20.1 Å². The smallest absolute Gasteiger partial charge is 0.407 e. The number of fused-ring (bicyclic) bond motifs is 3. The molecule has 19 nitrogen and oxygen atoms in total. The number of nitrogens with one attached hydrogen (secondary N) is 3. The number of ether oxygens (including phenoxy) is 6. The van der Waals surface area contributed by atoms with Crippen LogP contribution in [0.5, 0.6) is 23.0 Å². The van der Waals surface area contributed by atoms with E-state index in [4.69, 9.17) is 90.8 Å². The lowest BCUT2D eigenvalue weighted by atomic mass is 9.76. The van der Waals surface area contributed by atoms with Crippen LogP contribution in [0.15, 0.2) is 328 Å². The number of benzene rings is 12. The van der Waals surface area contributed by atoms with E-state index in [1.807, 2.05) is 194 Å². The Labute approximate surface area is 681 Å². The molecular weight excluding hydrogens is 1530 g/mol. The number of aliphatic carboxylic acids is 2. The van der Waals surface area contributed by atoms with Crippen LogP contribution < -0.4 is 35.9 Å². The lowest BCUT2D eigenvalue weighted by Gasteiger charge is -2.39. The van der Waals surface area contributed by atoms with E-state index in [9.17, 15) is 34.2 Å². The second-order valence-corrected chi connectivity index (χ2v) is 27.2. The molecule has 0 heterocycles. The number of amides is 1. The molecule has 12 aromatic rings. The van der Waals surface area contributed by atoms with Crippen molar-refractivity contribution in [3.8, 4) is 34.1 Å². The first-order chi connectivity index (χ1) is 55.3. The van der Waals surface area contributed by atoms with Crippen LogP contribution in [0.25, 0.3) is 11.1 Å². The minimum atomic E-state index is -1.27. The number of esters is 2. The van der Waals surface area contributed by atoms with Gasteiger partial charge >= 0.3 is 30.0 Å². The predicted molar refractivity (Wildman–Crippen MR) is 443 cm³/mol. The minimum Gasteiger partial charge on any atom is -0.508 e. The third-order valence-electron chi connectivity index (χ3n) is 17.9. The van der Waals surface area contributed by atoms with Crippen molar-refractivity contribution in [1.82, 2.24) is 16.0 Å². The summed E-state index contributed by atoms with van der Waals surface area (Å²) in [6, 6.07) is 98.8. The molecule has 114 heavy (non-hydrogen) atoms. The summed E-state index contributed by atoms with van der Waals surface area (Å²) in [6.07, 6.45) is -0.816. The van der Waals surface area contributed by atoms with Gasteiger partial charge in [-0.2, -0.15) is 0 Å². The number of rotatable bonds is 27. The molecular formula is C91H84Cl4N4O15. The van der Waals surface area contributed by atoms with Gasteiger partial charge in [-0.15, -0.1) is 0 Å². The largest absolute Gasteiger partial charge is 0.508 e. The Kier molecular flexibility index (Phi) is 33.0. The number of phenolic OH excluding ortho intramolecular Hbond substituents is 1. The molecule has 4 atom stereocenters. The zero-order chi connectivity index (χ0) is 81.2. The molecule has 0 fully saturated rings. The molecule has 1 amide bonds. The summed E-state index contributed by atoms with van der Waals surface area (Å²) in [7, 11) is 2.70. The van der Waals surface area contributed by atoms with Gasteiger partial charge in [0, 0.05) is 26.0 Å². The number of carbonyl (C=O) groups excluding carboxylic acids is 3. The van der Waals surface area contributed by atoms with E-state index < -0.39 is 65.2 Å². The molecule has 0 bridgehead atoms. The number of carboxylic acids is 2. The Morgan fingerprint density at radius 1 is 0.395 bits per heavy atom. The van der Waals surface area contributed by atoms with E-state index in [1.165, 1.54) is 20.3 Å². The molecule has 1 aliphatic rings. The highest BCUT2D eigenvalue weighted by Crippen LogP contribution is 2.45. The molecule has 0 saturated heterocycles. The average molecular weight is 1620 g/mol. The second-order valence-electron chi connectivity index (χ2n) is 25.4. The first-order valence-corrected chi connectivity index (χ1v) is 37.3. The average Bonchev–Trinajstić information content (AvgIpc) is 1.00. The fraction of sp³-hybridized carbons (Fsp3) is 0.154. The number of halogens is 4. The first kappa shape index (κ1) is 86.0. The van der Waals surface area contributed by atoms with Gasteiger partial charge in [0.1, 0.15) is 67.6 Å². The molecule has 13 rings (SSSR count). The lowest BCUT2D eigenvalue weighted by molar-refractivity contribution is -0.145. The van der Waals surface area contributed by atoms with Gasteiger partial charge in [-0.3, -0.25) is 25.0 Å². The third kappa shape index (κ3) is 24.0. The maximum atomic E-state index is 13.0. The molecule has 23 heteroatoms. The number of hydrogen-bond donors (Lipinski definition) is 8. The third-order valence-corrected chi connectivity index (χ3v) is 18.8. The summed E-state index contributed by atoms with van der Waals surface area (Å²) >= 11 is 23.2. The number of aliphatic hydroxyl groups is 1. The molecule has 9 N–H and O–H groups in total. The Morgan fingerprint density at radius 2 is 0.711 bits per heavy atom. The van der Waals surface area contributed by atoms with E-state index in [0.29, 0.717) is 37.3 Å². The molecule has 1 aliphatic carbocycles. The standard InChI is InChI=1S/C29H26ClNO3.C24H20ClNO5.C23H23NO3.C9H10ClNO3.C6H5ClO/c1-33-28(32)27(21-34-26-19-11-18-25(30)20-26)31-29(22-12-5-2-6-13-22,23-14-7-3-8-15-23)24-16-9-4-10-17-24;25-15-6-5-7-16(12-15)30-14-22(23(27)28)26-24(29)31-13-21-19-10-3-1-8-17(19)18-9-2-4-11-20(18)21;1-27-22(26)21(17-25)24-23(18-11-5-2-6-12-18,19-13-7-3-8-14-19)20-15-9-4-10-16-20;10-6-2-1-3-7(4-6)14-5-8(11)9(12)13;7-5-2-1-3-6(8)4-5/h2-20,27,31H,21H2,1H3;1-12,21-22H,13-14H2,(H,26,29)(H,27,28);2-16,21,24-25H,17H2,1H3;1-4,8H,5,11H2,(H,12,13);1-4,8H/t27-;22-;21-;8-;/m0000./s1. The number of alkyl carbamates (subject to hydrolysis) is 1. The van der Waals surface area contributed by atoms with Gasteiger partial charge in [0.05, 0.1) is 31.9 Å². The quantitative estimate of drug-likeness (QED) is 0.0135. The number of methoxy groups -OCH3 is 2.